The number of thioether (sulfide) groups is 1. The lowest BCUT2D eigenvalue weighted by molar-refractivity contribution is 0.579. The van der Waals surface area contributed by atoms with Crippen molar-refractivity contribution in [1.29, 1.82) is 0 Å². The van der Waals surface area contributed by atoms with Crippen molar-refractivity contribution in [2.75, 3.05) is 19.8 Å². The van der Waals surface area contributed by atoms with E-state index in [-0.39, 0.29) is 4.75 Å². The molecule has 2 N–H and O–H groups in total. The molecule has 1 fully saturated rings. The number of halogens is 1. The predicted octanol–water partition coefficient (Wildman–Crippen LogP) is 2.34. The van der Waals surface area contributed by atoms with Crippen LogP contribution in [-0.4, -0.2) is 33.0 Å². The fraction of sp³-hybridized carbons (Fsp3) is 0.538. The monoisotopic (exact) mass is 378 g/mol. The summed E-state index contributed by atoms with van der Waals surface area (Å²) in [7, 11) is -1.60. The summed E-state index contributed by atoms with van der Waals surface area (Å²) in [6.07, 6.45) is 4.20. The standard InChI is InChI=1S/C13H19BrN2O2S2/c1-15-8-10-3-4-12(11(14)7-10)20(17,18)16-9-13(19-2)5-6-13/h3-4,7,15-16H,5-6,8-9H2,1-2H3. The minimum atomic E-state index is -3.46. The van der Waals surface area contributed by atoms with E-state index in [0.29, 0.717) is 22.5 Å². The Kier molecular flexibility index (Phi) is 5.18. The molecule has 7 heteroatoms. The van der Waals surface area contributed by atoms with Gasteiger partial charge in [0.05, 0.1) is 4.90 Å². The van der Waals surface area contributed by atoms with Crippen molar-refractivity contribution in [3.63, 3.8) is 0 Å². The third-order valence-corrected chi connectivity index (χ3v) is 7.29. The normalized spacial score (nSPS) is 17.1. The summed E-state index contributed by atoms with van der Waals surface area (Å²) in [5, 5.41) is 3.04. The van der Waals surface area contributed by atoms with Crippen LogP contribution in [0.15, 0.2) is 27.6 Å². The third-order valence-electron chi connectivity index (χ3n) is 3.49. The number of hydrogen-bond donors (Lipinski definition) is 2. The predicted molar refractivity (Wildman–Crippen MR) is 87.6 cm³/mol. The maximum atomic E-state index is 12.3. The molecule has 0 aliphatic heterocycles. The summed E-state index contributed by atoms with van der Waals surface area (Å²) < 4.78 is 28.1. The van der Waals surface area contributed by atoms with Crippen LogP contribution >= 0.6 is 27.7 Å². The highest BCUT2D eigenvalue weighted by Crippen LogP contribution is 2.46. The van der Waals surface area contributed by atoms with E-state index in [1.54, 1.807) is 17.8 Å². The zero-order chi connectivity index (χ0) is 14.8. The van der Waals surface area contributed by atoms with Crippen molar-refractivity contribution in [3.05, 3.63) is 28.2 Å². The Hall–Kier alpha value is -0.0800. The van der Waals surface area contributed by atoms with E-state index in [4.69, 9.17) is 0 Å². The lowest BCUT2D eigenvalue weighted by Crippen LogP contribution is -2.32. The summed E-state index contributed by atoms with van der Waals surface area (Å²) in [4.78, 5) is 0.300. The average Bonchev–Trinajstić information content (AvgIpc) is 3.17. The Morgan fingerprint density at radius 3 is 2.60 bits per heavy atom. The molecular weight excluding hydrogens is 360 g/mol. The third kappa shape index (κ3) is 3.76. The first-order valence-electron chi connectivity index (χ1n) is 6.40. The molecule has 1 aromatic carbocycles. The topological polar surface area (TPSA) is 58.2 Å². The van der Waals surface area contributed by atoms with Crippen LogP contribution in [0.5, 0.6) is 0 Å². The maximum absolute atomic E-state index is 12.3. The summed E-state index contributed by atoms with van der Waals surface area (Å²) in [6, 6.07) is 5.32. The molecule has 0 bridgehead atoms. The van der Waals surface area contributed by atoms with E-state index in [1.807, 2.05) is 25.4 Å². The Bertz CT molecular complexity index is 586. The van der Waals surface area contributed by atoms with Crippen molar-refractivity contribution >= 4 is 37.7 Å². The highest BCUT2D eigenvalue weighted by Gasteiger charge is 2.42. The number of benzene rings is 1. The van der Waals surface area contributed by atoms with Crippen LogP contribution in [0.2, 0.25) is 0 Å². The number of rotatable bonds is 7. The number of sulfonamides is 1. The van der Waals surface area contributed by atoms with E-state index in [9.17, 15) is 8.42 Å². The zero-order valence-electron chi connectivity index (χ0n) is 11.6. The Morgan fingerprint density at radius 2 is 2.10 bits per heavy atom. The van der Waals surface area contributed by atoms with Gasteiger partial charge in [-0.3, -0.25) is 0 Å². The molecule has 0 atom stereocenters. The first-order chi connectivity index (χ1) is 9.42. The van der Waals surface area contributed by atoms with Gasteiger partial charge in [0.15, 0.2) is 0 Å². The van der Waals surface area contributed by atoms with Crippen molar-refractivity contribution < 1.29 is 8.42 Å². The van der Waals surface area contributed by atoms with Crippen LogP contribution in [0.25, 0.3) is 0 Å². The van der Waals surface area contributed by atoms with Gasteiger partial charge in [-0.15, -0.1) is 0 Å². The average molecular weight is 379 g/mol. The molecule has 1 aliphatic carbocycles. The van der Waals surface area contributed by atoms with Crippen LogP contribution < -0.4 is 10.0 Å². The van der Waals surface area contributed by atoms with Gasteiger partial charge in [-0.25, -0.2) is 13.1 Å². The first kappa shape index (κ1) is 16.3. The van der Waals surface area contributed by atoms with Crippen molar-refractivity contribution in [3.8, 4) is 0 Å². The molecule has 112 valence electrons. The van der Waals surface area contributed by atoms with Crippen molar-refractivity contribution in [2.45, 2.75) is 29.0 Å². The van der Waals surface area contributed by atoms with Crippen LogP contribution in [0.3, 0.4) is 0 Å². The van der Waals surface area contributed by atoms with Gasteiger partial charge in [-0.05, 0) is 59.8 Å². The van der Waals surface area contributed by atoms with Crippen molar-refractivity contribution in [1.82, 2.24) is 10.0 Å². The summed E-state index contributed by atoms with van der Waals surface area (Å²) in [6.45, 7) is 1.21. The van der Waals surface area contributed by atoms with Gasteiger partial charge in [0, 0.05) is 22.3 Å². The van der Waals surface area contributed by atoms with E-state index >= 15 is 0 Å². The molecule has 1 saturated carbocycles. The molecule has 4 nitrogen and oxygen atoms in total. The Morgan fingerprint density at radius 1 is 1.40 bits per heavy atom. The first-order valence-corrected chi connectivity index (χ1v) is 9.90. The molecule has 0 spiro atoms. The maximum Gasteiger partial charge on any atom is 0.241 e. The molecule has 0 radical (unpaired) electrons. The van der Waals surface area contributed by atoms with Gasteiger partial charge in [0.2, 0.25) is 10.0 Å². The lowest BCUT2D eigenvalue weighted by atomic mass is 10.2. The molecule has 0 amide bonds. The van der Waals surface area contributed by atoms with E-state index < -0.39 is 10.0 Å². The van der Waals surface area contributed by atoms with E-state index in [0.717, 1.165) is 18.4 Å². The fourth-order valence-electron chi connectivity index (χ4n) is 1.97. The highest BCUT2D eigenvalue weighted by atomic mass is 79.9. The minimum absolute atomic E-state index is 0.117. The van der Waals surface area contributed by atoms with Crippen molar-refractivity contribution in [2.24, 2.45) is 0 Å². The molecule has 0 saturated heterocycles. The van der Waals surface area contributed by atoms with Gasteiger partial charge in [-0.2, -0.15) is 11.8 Å². The zero-order valence-corrected chi connectivity index (χ0v) is 14.8. The molecule has 20 heavy (non-hydrogen) atoms. The Labute approximate surface area is 133 Å². The molecule has 0 unspecified atom stereocenters. The van der Waals surface area contributed by atoms with Gasteiger partial charge >= 0.3 is 0 Å². The van der Waals surface area contributed by atoms with Gasteiger partial charge in [0.25, 0.3) is 0 Å². The lowest BCUT2D eigenvalue weighted by Gasteiger charge is -2.14. The van der Waals surface area contributed by atoms with Crippen LogP contribution in [0, 0.1) is 0 Å². The molecular formula is C13H19BrN2O2S2. The minimum Gasteiger partial charge on any atom is -0.316 e. The van der Waals surface area contributed by atoms with E-state index in [2.05, 4.69) is 26.0 Å². The van der Waals surface area contributed by atoms with Crippen LogP contribution in [0.4, 0.5) is 0 Å². The number of hydrogen-bond acceptors (Lipinski definition) is 4. The second kappa shape index (κ2) is 6.36. The number of nitrogens with one attached hydrogen (secondary N) is 2. The molecule has 2 rings (SSSR count). The fourth-order valence-corrected chi connectivity index (χ4v) is 5.04. The second-order valence-electron chi connectivity index (χ2n) is 5.01. The quantitative estimate of drug-likeness (QED) is 0.764. The summed E-state index contributed by atoms with van der Waals surface area (Å²) in [5.74, 6) is 0. The molecule has 0 heterocycles. The SMILES string of the molecule is CNCc1ccc(S(=O)(=O)NCC2(SC)CC2)c(Br)c1. The molecule has 0 aromatic heterocycles. The van der Waals surface area contributed by atoms with Gasteiger partial charge < -0.3 is 5.32 Å². The highest BCUT2D eigenvalue weighted by molar-refractivity contribution is 9.10. The summed E-state index contributed by atoms with van der Waals surface area (Å²) >= 11 is 5.09. The smallest absolute Gasteiger partial charge is 0.241 e. The van der Waals surface area contributed by atoms with Crippen LogP contribution in [0.1, 0.15) is 18.4 Å². The van der Waals surface area contributed by atoms with E-state index in [1.165, 1.54) is 0 Å². The molecule has 1 aliphatic rings. The Balaban J connectivity index is 2.12. The second-order valence-corrected chi connectivity index (χ2v) is 8.87. The van der Waals surface area contributed by atoms with Crippen LogP contribution in [-0.2, 0) is 16.6 Å². The molecule has 1 aromatic rings. The summed E-state index contributed by atoms with van der Waals surface area (Å²) in [5.41, 5.74) is 1.04. The van der Waals surface area contributed by atoms with Gasteiger partial charge in [0.1, 0.15) is 0 Å². The van der Waals surface area contributed by atoms with Gasteiger partial charge in [-0.1, -0.05) is 6.07 Å². The largest absolute Gasteiger partial charge is 0.316 e.